The summed E-state index contributed by atoms with van der Waals surface area (Å²) in [5, 5.41) is 11.5. The number of cyclic esters (lactones) is 1. The standard InChI is InChI=1S/C46H69N5O11/c1-14-35-46(15-2)40(51(44(56)62-46)21-17-16-20-50-25-33(48-31(50)8)32-18-19-36(57-12)47-24-32)28(5)37(52)26(3)23-45(9,58-13)41(29(6)38(53)30(7)42(55)60-35)61-43-39(54)34(49(10)11)22-27(4)59-43/h15,18-19,24-30,34-35,39-41,43,54H,2,14,16-17,20-23H2,1,3-13H3/t26-,27-,28-,29+,30-,34+,35+,39-,40+,41-,43?,45+,46-/m1/s1. The Hall–Kier alpha value is -4.22. The van der Waals surface area contributed by atoms with E-state index in [1.165, 1.54) is 20.1 Å². The average molecular weight is 868 g/mol. The maximum Gasteiger partial charge on any atom is 0.411 e. The highest BCUT2D eigenvalue weighted by Gasteiger charge is 2.61. The van der Waals surface area contributed by atoms with Gasteiger partial charge in [-0.2, -0.15) is 0 Å². The SMILES string of the molecule is C=C[C@]12OC(=O)N(CCCCn3cc(-c4ccc(OC)nc4)nc3C)[C@H]1[C@H](C)C(=O)[C@H](C)C[C@](C)(OC)[C@H](OC1O[C@H](C)C[C@H](N(C)C)[C@H]1O)[C@@H](C)C(=O)[C@@H](C)C(=O)O[C@H]2CC. The van der Waals surface area contributed by atoms with E-state index in [-0.39, 0.29) is 37.3 Å². The minimum absolute atomic E-state index is 0.0991. The predicted molar refractivity (Wildman–Crippen MR) is 230 cm³/mol. The molecule has 3 fully saturated rings. The second-order valence-electron chi connectivity index (χ2n) is 17.9. The number of ether oxygens (including phenoxy) is 6. The number of carbonyl (C=O) groups excluding carboxylic acids is 4. The molecule has 344 valence electrons. The van der Waals surface area contributed by atoms with E-state index in [2.05, 4.69) is 11.6 Å². The summed E-state index contributed by atoms with van der Waals surface area (Å²) in [6.07, 6.45) is 1.95. The molecule has 3 aliphatic rings. The number of methoxy groups -OCH3 is 2. The molecule has 13 atom stereocenters. The molecule has 0 radical (unpaired) electrons. The molecular weight excluding hydrogens is 799 g/mol. The van der Waals surface area contributed by atoms with Gasteiger partial charge in [0.15, 0.2) is 17.7 Å². The first-order valence-corrected chi connectivity index (χ1v) is 21.9. The van der Waals surface area contributed by atoms with Crippen molar-refractivity contribution in [2.24, 2.45) is 23.7 Å². The van der Waals surface area contributed by atoms with E-state index in [0.717, 1.165) is 17.1 Å². The molecule has 0 spiro atoms. The highest BCUT2D eigenvalue weighted by atomic mass is 16.7. The molecule has 16 heteroatoms. The van der Waals surface area contributed by atoms with Crippen LogP contribution in [0.3, 0.4) is 0 Å². The summed E-state index contributed by atoms with van der Waals surface area (Å²) in [7, 11) is 6.79. The quantitative estimate of drug-likeness (QED) is 0.117. The van der Waals surface area contributed by atoms with Gasteiger partial charge in [0.25, 0.3) is 0 Å². The molecular formula is C46H69N5O11. The number of pyridine rings is 1. The zero-order valence-electron chi connectivity index (χ0n) is 38.7. The lowest BCUT2D eigenvalue weighted by Gasteiger charge is -2.47. The van der Waals surface area contributed by atoms with Crippen molar-refractivity contribution in [3.05, 3.63) is 43.0 Å². The number of hydrogen-bond donors (Lipinski definition) is 1. The smallest absolute Gasteiger partial charge is 0.411 e. The second-order valence-corrected chi connectivity index (χ2v) is 17.9. The molecule has 0 aliphatic carbocycles. The van der Waals surface area contributed by atoms with E-state index in [0.29, 0.717) is 31.7 Å². The molecule has 62 heavy (non-hydrogen) atoms. The summed E-state index contributed by atoms with van der Waals surface area (Å²) in [5.74, 6) is -3.92. The number of esters is 1. The van der Waals surface area contributed by atoms with Crippen molar-refractivity contribution in [2.75, 3.05) is 34.9 Å². The van der Waals surface area contributed by atoms with Gasteiger partial charge >= 0.3 is 12.1 Å². The Morgan fingerprint density at radius 2 is 1.73 bits per heavy atom. The summed E-state index contributed by atoms with van der Waals surface area (Å²) < 4.78 is 38.6. The number of aryl methyl sites for hydroxylation is 2. The number of likely N-dealkylation sites (N-methyl/N-ethyl adjacent to an activating group) is 1. The topological polar surface area (TPSA) is 181 Å². The van der Waals surface area contributed by atoms with Crippen LogP contribution in [0.4, 0.5) is 4.79 Å². The van der Waals surface area contributed by atoms with Gasteiger partial charge in [-0.3, -0.25) is 19.3 Å². The van der Waals surface area contributed by atoms with Gasteiger partial charge in [-0.15, -0.1) is 0 Å². The van der Waals surface area contributed by atoms with Crippen molar-refractivity contribution >= 4 is 23.6 Å². The number of unbranched alkanes of at least 4 members (excludes halogenated alkanes) is 1. The number of aliphatic hydroxyl groups is 1. The average Bonchev–Trinajstić information content (AvgIpc) is 3.77. The van der Waals surface area contributed by atoms with E-state index in [4.69, 9.17) is 33.4 Å². The maximum atomic E-state index is 14.9. The number of Topliss-reactive ketones (excluding diaryl/α,β-unsaturated/α-hetero) is 2. The number of nitrogens with zero attached hydrogens (tertiary/aromatic N) is 5. The van der Waals surface area contributed by atoms with Crippen LogP contribution in [0, 0.1) is 30.6 Å². The van der Waals surface area contributed by atoms with Gasteiger partial charge in [-0.25, -0.2) is 14.8 Å². The number of hydrogen-bond acceptors (Lipinski definition) is 14. The molecule has 5 heterocycles. The molecule has 16 nitrogen and oxygen atoms in total. The highest BCUT2D eigenvalue weighted by Crippen LogP contribution is 2.44. The summed E-state index contributed by atoms with van der Waals surface area (Å²) >= 11 is 0. The van der Waals surface area contributed by atoms with E-state index in [1.54, 1.807) is 58.9 Å². The third kappa shape index (κ3) is 9.79. The van der Waals surface area contributed by atoms with Crippen molar-refractivity contribution in [3.8, 4) is 17.1 Å². The first-order valence-electron chi connectivity index (χ1n) is 21.9. The molecule has 1 amide bonds. The fraction of sp³-hybridized carbons (Fsp3) is 0.696. The fourth-order valence-corrected chi connectivity index (χ4v) is 9.77. The predicted octanol–water partition coefficient (Wildman–Crippen LogP) is 5.41. The van der Waals surface area contributed by atoms with Crippen LogP contribution in [0.15, 0.2) is 37.2 Å². The summed E-state index contributed by atoms with van der Waals surface area (Å²) in [5.41, 5.74) is -1.28. The van der Waals surface area contributed by atoms with E-state index >= 15 is 0 Å². The molecule has 5 rings (SSSR count). The molecule has 3 saturated heterocycles. The largest absolute Gasteiger partial charge is 0.481 e. The summed E-state index contributed by atoms with van der Waals surface area (Å²) in [6.45, 7) is 19.0. The first-order chi connectivity index (χ1) is 29.3. The van der Waals surface area contributed by atoms with Crippen molar-refractivity contribution in [1.29, 1.82) is 0 Å². The van der Waals surface area contributed by atoms with Gasteiger partial charge in [-0.1, -0.05) is 34.3 Å². The second kappa shape index (κ2) is 20.1. The van der Waals surface area contributed by atoms with Crippen molar-refractivity contribution in [1.82, 2.24) is 24.3 Å². The molecule has 0 bridgehead atoms. The van der Waals surface area contributed by atoms with Crippen LogP contribution in [0.2, 0.25) is 0 Å². The van der Waals surface area contributed by atoms with Gasteiger partial charge in [0, 0.05) is 68.0 Å². The lowest BCUT2D eigenvalue weighted by atomic mass is 9.72. The Morgan fingerprint density at radius 3 is 2.32 bits per heavy atom. The molecule has 1 unspecified atom stereocenters. The molecule has 2 aromatic heterocycles. The lowest BCUT2D eigenvalue weighted by Crippen LogP contribution is -2.60. The third-order valence-corrected chi connectivity index (χ3v) is 13.4. The number of aromatic nitrogens is 3. The zero-order chi connectivity index (χ0) is 45.8. The Morgan fingerprint density at radius 1 is 1.03 bits per heavy atom. The number of carbonyl (C=O) groups is 4. The number of rotatable bonds is 13. The van der Waals surface area contributed by atoms with E-state index in [9.17, 15) is 24.3 Å². The summed E-state index contributed by atoms with van der Waals surface area (Å²) in [4.78, 5) is 69.9. The zero-order valence-corrected chi connectivity index (χ0v) is 38.7. The van der Waals surface area contributed by atoms with Crippen molar-refractivity contribution in [2.45, 2.75) is 148 Å². The number of amides is 1. The molecule has 1 N–H and O–H groups in total. The Kier molecular flexibility index (Phi) is 15.8. The molecule has 0 aromatic carbocycles. The van der Waals surface area contributed by atoms with Gasteiger partial charge < -0.3 is 43.0 Å². The monoisotopic (exact) mass is 867 g/mol. The maximum absolute atomic E-state index is 14.9. The Balaban J connectivity index is 1.45. The van der Waals surface area contributed by atoms with E-state index < -0.39 is 83.4 Å². The first kappa shape index (κ1) is 48.8. The van der Waals surface area contributed by atoms with Crippen molar-refractivity contribution in [3.63, 3.8) is 0 Å². The van der Waals surface area contributed by atoms with Crippen LogP contribution in [-0.4, -0.2) is 142 Å². The van der Waals surface area contributed by atoms with Gasteiger partial charge in [0.1, 0.15) is 29.7 Å². The Labute approximate surface area is 366 Å². The van der Waals surface area contributed by atoms with Gasteiger partial charge in [0.05, 0.1) is 36.7 Å². The lowest BCUT2D eigenvalue weighted by molar-refractivity contribution is -0.295. The van der Waals surface area contributed by atoms with Crippen LogP contribution >= 0.6 is 0 Å². The van der Waals surface area contributed by atoms with Crippen LogP contribution in [-0.2, 0) is 44.6 Å². The fourth-order valence-electron chi connectivity index (χ4n) is 9.77. The Bertz CT molecular complexity index is 1900. The number of ketones is 2. The van der Waals surface area contributed by atoms with Gasteiger partial charge in [0.2, 0.25) is 5.88 Å². The molecule has 2 aromatic rings. The van der Waals surface area contributed by atoms with Gasteiger partial charge in [-0.05, 0) is 86.0 Å². The highest BCUT2D eigenvalue weighted by molar-refractivity contribution is 6.00. The third-order valence-electron chi connectivity index (χ3n) is 13.4. The van der Waals surface area contributed by atoms with Crippen LogP contribution < -0.4 is 4.74 Å². The van der Waals surface area contributed by atoms with E-state index in [1.807, 2.05) is 49.7 Å². The molecule has 3 aliphatic heterocycles. The molecule has 0 saturated carbocycles. The number of fused-ring (bicyclic) bond motifs is 1. The minimum atomic E-state index is -1.61. The van der Waals surface area contributed by atoms with Crippen LogP contribution in [0.5, 0.6) is 5.88 Å². The number of aliphatic hydroxyl groups excluding tert-OH is 1. The number of imidazole rings is 1. The normalized spacial score (nSPS) is 35.0. The summed E-state index contributed by atoms with van der Waals surface area (Å²) in [6, 6.07) is 2.48. The van der Waals surface area contributed by atoms with Crippen LogP contribution in [0.25, 0.3) is 11.3 Å². The van der Waals surface area contributed by atoms with Crippen molar-refractivity contribution < 1.29 is 52.7 Å². The minimum Gasteiger partial charge on any atom is -0.481 e. The van der Waals surface area contributed by atoms with Crippen LogP contribution in [0.1, 0.15) is 86.4 Å².